The fourth-order valence-corrected chi connectivity index (χ4v) is 6.06. The summed E-state index contributed by atoms with van der Waals surface area (Å²) in [5.74, 6) is -0.703. The number of ether oxygens (including phenoxy) is 2. The molecule has 0 spiro atoms. The van der Waals surface area contributed by atoms with Gasteiger partial charge in [0.2, 0.25) is 20.9 Å². The fraction of sp³-hybridized carbons (Fsp3) is 0.343. The number of nitrogens with zero attached hydrogens (tertiary/aromatic N) is 1. The van der Waals surface area contributed by atoms with Crippen LogP contribution in [0.1, 0.15) is 40.7 Å². The molecule has 1 saturated heterocycles. The number of nitrogens with two attached hydrogens (primary N) is 1. The normalized spacial score (nSPS) is 14.9. The van der Waals surface area contributed by atoms with E-state index in [1.165, 1.54) is 24.3 Å². The Bertz CT molecular complexity index is 1630. The molecule has 4 rings (SSSR count). The summed E-state index contributed by atoms with van der Waals surface area (Å²) in [5, 5.41) is 3.93. The fourth-order valence-electron chi connectivity index (χ4n) is 4.98. The minimum absolute atomic E-state index is 0.103. The van der Waals surface area contributed by atoms with Crippen molar-refractivity contribution in [1.29, 1.82) is 0 Å². The third-order valence-electron chi connectivity index (χ3n) is 7.69. The van der Waals surface area contributed by atoms with Gasteiger partial charge in [-0.2, -0.15) is 4.39 Å². The van der Waals surface area contributed by atoms with Crippen molar-refractivity contribution in [3.05, 3.63) is 113 Å². The topological polar surface area (TPSA) is 157 Å². The van der Waals surface area contributed by atoms with Gasteiger partial charge in [-0.05, 0) is 67.2 Å². The lowest BCUT2D eigenvalue weighted by atomic mass is 10.0. The summed E-state index contributed by atoms with van der Waals surface area (Å²) in [6.45, 7) is 2.40. The van der Waals surface area contributed by atoms with Gasteiger partial charge < -0.3 is 30.7 Å². The van der Waals surface area contributed by atoms with Gasteiger partial charge >= 0.3 is 6.09 Å². The molecule has 0 radical (unpaired) electrons. The Balaban J connectivity index is 1.33. The number of alkyl carbamates (subject to hydrolysis) is 1. The van der Waals surface area contributed by atoms with E-state index in [1.807, 2.05) is 30.3 Å². The zero-order valence-electron chi connectivity index (χ0n) is 26.6. The molecular formula is C35H41FN4O7S. The Morgan fingerprint density at radius 3 is 2.23 bits per heavy atom. The minimum Gasteiger partial charge on any atom is -0.445 e. The van der Waals surface area contributed by atoms with Crippen LogP contribution in [0, 0.1) is 0 Å². The third-order valence-corrected chi connectivity index (χ3v) is 9.23. The van der Waals surface area contributed by atoms with Crippen LogP contribution < -0.4 is 16.4 Å². The van der Waals surface area contributed by atoms with Crippen LogP contribution in [0.15, 0.2) is 101 Å². The molecule has 256 valence electrons. The van der Waals surface area contributed by atoms with Crippen molar-refractivity contribution >= 4 is 27.7 Å². The van der Waals surface area contributed by atoms with Gasteiger partial charge in [-0.15, -0.1) is 0 Å². The summed E-state index contributed by atoms with van der Waals surface area (Å²) in [5.41, 5.74) is 8.28. The van der Waals surface area contributed by atoms with Crippen molar-refractivity contribution in [2.45, 2.75) is 49.3 Å². The first kappa shape index (κ1) is 36.2. The number of halogens is 1. The van der Waals surface area contributed by atoms with Crippen LogP contribution in [0.5, 0.6) is 0 Å². The van der Waals surface area contributed by atoms with E-state index in [2.05, 4.69) is 10.6 Å². The number of morpholine rings is 1. The van der Waals surface area contributed by atoms with Gasteiger partial charge in [0.1, 0.15) is 6.61 Å². The predicted octanol–water partition coefficient (Wildman–Crippen LogP) is 3.90. The van der Waals surface area contributed by atoms with Crippen molar-refractivity contribution in [1.82, 2.24) is 15.5 Å². The van der Waals surface area contributed by atoms with Gasteiger partial charge in [-0.25, -0.2) is 13.2 Å². The monoisotopic (exact) mass is 680 g/mol. The molecule has 3 aromatic carbocycles. The van der Waals surface area contributed by atoms with E-state index >= 15 is 4.39 Å². The second-order valence-electron chi connectivity index (χ2n) is 11.3. The van der Waals surface area contributed by atoms with Gasteiger partial charge in [0.15, 0.2) is 0 Å². The summed E-state index contributed by atoms with van der Waals surface area (Å²) in [6.07, 6.45) is 1.46. The molecule has 1 aliphatic heterocycles. The molecule has 1 fully saturated rings. The van der Waals surface area contributed by atoms with Crippen molar-refractivity contribution in [2.75, 3.05) is 32.8 Å². The quantitative estimate of drug-likeness (QED) is 0.204. The van der Waals surface area contributed by atoms with Gasteiger partial charge in [0.25, 0.3) is 5.91 Å². The molecule has 0 saturated carbocycles. The lowest BCUT2D eigenvalue weighted by Crippen LogP contribution is -2.46. The standard InChI is InChI=1S/C35H41FN4O7S/c36-32(48(44,45)30-12-5-2-6-13-30)24-29(11-7-8-18-38-35(43)47-25-27-9-3-1-4-10-27)39-33(41)31(37)23-26-14-16-28(17-15-26)34(42)40-19-21-46-22-20-40/h1-6,9-10,12-17,24,29,31H,7-8,11,18-23,25,37H2,(H,38,43)(H,39,41)/t29-,31-/m0/s1. The molecule has 1 heterocycles. The van der Waals surface area contributed by atoms with Gasteiger partial charge in [0, 0.05) is 25.2 Å². The van der Waals surface area contributed by atoms with Gasteiger partial charge in [0.05, 0.1) is 30.2 Å². The first-order valence-electron chi connectivity index (χ1n) is 15.8. The maximum Gasteiger partial charge on any atom is 0.407 e. The number of unbranched alkanes of at least 4 members (excludes halogenated alkanes) is 1. The number of hydrogen-bond donors (Lipinski definition) is 3. The van der Waals surface area contributed by atoms with Crippen molar-refractivity contribution < 1.29 is 36.7 Å². The number of amides is 3. The van der Waals surface area contributed by atoms with Crippen LogP contribution in [0.2, 0.25) is 0 Å². The molecule has 11 nitrogen and oxygen atoms in total. The summed E-state index contributed by atoms with van der Waals surface area (Å²) < 4.78 is 51.4. The molecule has 3 amide bonds. The van der Waals surface area contributed by atoms with Crippen LogP contribution in [0.25, 0.3) is 0 Å². The highest BCUT2D eigenvalue weighted by molar-refractivity contribution is 7.95. The van der Waals surface area contributed by atoms with E-state index in [0.29, 0.717) is 50.3 Å². The van der Waals surface area contributed by atoms with E-state index in [-0.39, 0.29) is 36.8 Å². The van der Waals surface area contributed by atoms with Crippen molar-refractivity contribution in [2.24, 2.45) is 5.73 Å². The van der Waals surface area contributed by atoms with Gasteiger partial charge in [-0.3, -0.25) is 9.59 Å². The SMILES string of the molecule is N[C@@H](Cc1ccc(C(=O)N2CCOCC2)cc1)C(=O)N[C@H](C=C(F)S(=O)(=O)c1ccccc1)CCCCNC(=O)OCc1ccccc1. The smallest absolute Gasteiger partial charge is 0.407 e. The Morgan fingerprint density at radius 2 is 1.56 bits per heavy atom. The Kier molecular flexibility index (Phi) is 13.7. The highest BCUT2D eigenvalue weighted by atomic mass is 32.2. The second-order valence-corrected chi connectivity index (χ2v) is 13.2. The molecule has 13 heteroatoms. The Hall–Kier alpha value is -4.59. The highest BCUT2D eigenvalue weighted by Crippen LogP contribution is 2.21. The van der Waals surface area contributed by atoms with E-state index < -0.39 is 39.1 Å². The molecule has 0 unspecified atom stereocenters. The van der Waals surface area contributed by atoms with E-state index in [1.54, 1.807) is 35.2 Å². The molecule has 1 aliphatic rings. The average molecular weight is 681 g/mol. The van der Waals surface area contributed by atoms with Crippen molar-refractivity contribution in [3.63, 3.8) is 0 Å². The molecule has 48 heavy (non-hydrogen) atoms. The summed E-state index contributed by atoms with van der Waals surface area (Å²) in [4.78, 5) is 39.4. The van der Waals surface area contributed by atoms with E-state index in [0.717, 1.165) is 11.6 Å². The molecule has 0 aromatic heterocycles. The lowest BCUT2D eigenvalue weighted by molar-refractivity contribution is -0.122. The first-order chi connectivity index (χ1) is 23.1. The summed E-state index contributed by atoms with van der Waals surface area (Å²) in [7, 11) is -4.43. The number of rotatable bonds is 15. The molecule has 4 N–H and O–H groups in total. The Morgan fingerprint density at radius 1 is 0.917 bits per heavy atom. The first-order valence-corrected chi connectivity index (χ1v) is 17.3. The van der Waals surface area contributed by atoms with Crippen LogP contribution in [-0.4, -0.2) is 76.2 Å². The molecule has 2 atom stereocenters. The number of hydrogen-bond acceptors (Lipinski definition) is 8. The zero-order valence-corrected chi connectivity index (χ0v) is 27.4. The van der Waals surface area contributed by atoms with Gasteiger partial charge in [-0.1, -0.05) is 60.7 Å². The molecular weight excluding hydrogens is 639 g/mol. The van der Waals surface area contributed by atoms with E-state index in [9.17, 15) is 22.8 Å². The summed E-state index contributed by atoms with van der Waals surface area (Å²) in [6, 6.07) is 21.2. The van der Waals surface area contributed by atoms with Crippen LogP contribution in [0.3, 0.4) is 0 Å². The van der Waals surface area contributed by atoms with Crippen molar-refractivity contribution in [3.8, 4) is 0 Å². The van der Waals surface area contributed by atoms with Crippen LogP contribution in [-0.2, 0) is 37.1 Å². The van der Waals surface area contributed by atoms with Crippen LogP contribution in [0.4, 0.5) is 9.18 Å². The molecule has 3 aromatic rings. The number of carbonyl (C=O) groups excluding carboxylic acids is 3. The van der Waals surface area contributed by atoms with Crippen LogP contribution >= 0.6 is 0 Å². The Labute approximate surface area is 280 Å². The van der Waals surface area contributed by atoms with E-state index in [4.69, 9.17) is 15.2 Å². The number of benzene rings is 3. The number of nitrogens with one attached hydrogen (secondary N) is 2. The number of sulfone groups is 1. The third kappa shape index (κ3) is 11.0. The maximum absolute atomic E-state index is 15.2. The maximum atomic E-state index is 15.2. The molecule has 0 aliphatic carbocycles. The number of carbonyl (C=O) groups is 3. The largest absolute Gasteiger partial charge is 0.445 e. The average Bonchev–Trinajstić information content (AvgIpc) is 3.11. The predicted molar refractivity (Wildman–Crippen MR) is 178 cm³/mol. The highest BCUT2D eigenvalue weighted by Gasteiger charge is 2.25. The minimum atomic E-state index is -4.43. The summed E-state index contributed by atoms with van der Waals surface area (Å²) >= 11 is 0. The molecule has 0 bridgehead atoms. The second kappa shape index (κ2) is 18.1. The zero-order chi connectivity index (χ0) is 34.4. The lowest BCUT2D eigenvalue weighted by Gasteiger charge is -2.26.